The van der Waals surface area contributed by atoms with Crippen molar-refractivity contribution < 1.29 is 4.74 Å². The van der Waals surface area contributed by atoms with Crippen LogP contribution in [-0.4, -0.2) is 12.1 Å². The highest BCUT2D eigenvalue weighted by Crippen LogP contribution is 2.32. The fraction of sp³-hybridized carbons (Fsp3) is 0.0588. The van der Waals surface area contributed by atoms with Crippen LogP contribution in [0.2, 0.25) is 5.02 Å². The first kappa shape index (κ1) is 14.2. The number of rotatable bonds is 2. The second kappa shape index (κ2) is 5.55. The predicted octanol–water partition coefficient (Wildman–Crippen LogP) is 3.73. The van der Waals surface area contributed by atoms with Gasteiger partial charge in [-0.1, -0.05) is 23.7 Å². The summed E-state index contributed by atoms with van der Waals surface area (Å²) in [5, 5.41) is 11.1. The largest absolute Gasteiger partial charge is 0.497 e. The number of hydrogen-bond donors (Lipinski definition) is 1. The monoisotopic (exact) mass is 310 g/mol. The van der Waals surface area contributed by atoms with Gasteiger partial charge in [0.15, 0.2) is 0 Å². The Bertz CT molecular complexity index is 971. The number of pyridine rings is 1. The molecular weight excluding hydrogens is 300 g/mol. The summed E-state index contributed by atoms with van der Waals surface area (Å²) >= 11 is 6.05. The molecule has 4 nitrogen and oxygen atoms in total. The van der Waals surface area contributed by atoms with Crippen molar-refractivity contribution in [1.82, 2.24) is 4.98 Å². The summed E-state index contributed by atoms with van der Waals surface area (Å²) in [7, 11) is 1.55. The van der Waals surface area contributed by atoms with E-state index < -0.39 is 0 Å². The molecule has 0 atom stereocenters. The Labute approximate surface area is 131 Å². The lowest BCUT2D eigenvalue weighted by atomic mass is 9.97. The molecule has 1 N–H and O–H groups in total. The molecule has 108 valence electrons. The summed E-state index contributed by atoms with van der Waals surface area (Å²) in [5.74, 6) is 0.616. The van der Waals surface area contributed by atoms with Crippen LogP contribution in [0.5, 0.6) is 5.75 Å². The van der Waals surface area contributed by atoms with Crippen LogP contribution in [0.1, 0.15) is 5.69 Å². The van der Waals surface area contributed by atoms with Crippen molar-refractivity contribution in [3.05, 3.63) is 63.5 Å². The molecule has 0 aliphatic carbocycles. The number of aromatic nitrogens is 1. The number of nitrogens with zero attached hydrogens (tertiary/aromatic N) is 1. The van der Waals surface area contributed by atoms with Gasteiger partial charge in [0.1, 0.15) is 17.5 Å². The summed E-state index contributed by atoms with van der Waals surface area (Å²) in [6.45, 7) is 0. The third-order valence-electron chi connectivity index (χ3n) is 3.45. The number of benzene rings is 2. The Kier molecular flexibility index (Phi) is 3.58. The molecule has 0 bridgehead atoms. The average Bonchev–Trinajstić information content (AvgIpc) is 2.54. The van der Waals surface area contributed by atoms with Crippen molar-refractivity contribution in [3.8, 4) is 22.9 Å². The van der Waals surface area contributed by atoms with E-state index in [2.05, 4.69) is 4.98 Å². The van der Waals surface area contributed by atoms with Crippen LogP contribution >= 0.6 is 11.6 Å². The van der Waals surface area contributed by atoms with Crippen LogP contribution < -0.4 is 10.3 Å². The first-order valence-corrected chi connectivity index (χ1v) is 6.92. The van der Waals surface area contributed by atoms with Gasteiger partial charge in [-0.05, 0) is 35.9 Å². The highest BCUT2D eigenvalue weighted by atomic mass is 35.5. The van der Waals surface area contributed by atoms with Crippen LogP contribution in [0.3, 0.4) is 0 Å². The highest BCUT2D eigenvalue weighted by molar-refractivity contribution is 6.31. The summed E-state index contributed by atoms with van der Waals surface area (Å²) in [6, 6.07) is 14.4. The quantitative estimate of drug-likeness (QED) is 0.784. The topological polar surface area (TPSA) is 65.9 Å². The fourth-order valence-corrected chi connectivity index (χ4v) is 2.65. The second-order valence-corrected chi connectivity index (χ2v) is 5.17. The number of nitriles is 1. The molecule has 3 rings (SSSR count). The van der Waals surface area contributed by atoms with Crippen molar-refractivity contribution in [2.45, 2.75) is 0 Å². The van der Waals surface area contributed by atoms with Crippen molar-refractivity contribution >= 4 is 22.4 Å². The number of fused-ring (bicyclic) bond motifs is 1. The SMILES string of the molecule is COc1ccc2c(=O)[nH]c(C#N)c(-c3cccc(Cl)c3)c2c1. The Hall–Kier alpha value is -2.77. The first-order valence-electron chi connectivity index (χ1n) is 6.54. The molecule has 5 heteroatoms. The lowest BCUT2D eigenvalue weighted by molar-refractivity contribution is 0.415. The van der Waals surface area contributed by atoms with E-state index in [9.17, 15) is 10.1 Å². The van der Waals surface area contributed by atoms with Gasteiger partial charge in [-0.25, -0.2) is 0 Å². The van der Waals surface area contributed by atoms with Gasteiger partial charge in [0.25, 0.3) is 5.56 Å². The van der Waals surface area contributed by atoms with E-state index in [1.54, 1.807) is 43.5 Å². The summed E-state index contributed by atoms with van der Waals surface area (Å²) < 4.78 is 5.23. The van der Waals surface area contributed by atoms with Crippen LogP contribution in [0, 0.1) is 11.3 Å². The van der Waals surface area contributed by atoms with Crippen LogP contribution in [-0.2, 0) is 0 Å². The molecule has 0 aliphatic rings. The van der Waals surface area contributed by atoms with Crippen LogP contribution in [0.4, 0.5) is 0 Å². The Morgan fingerprint density at radius 1 is 1.18 bits per heavy atom. The van der Waals surface area contributed by atoms with E-state index in [0.29, 0.717) is 27.1 Å². The molecule has 3 aromatic rings. The molecule has 0 aliphatic heterocycles. The van der Waals surface area contributed by atoms with Crippen LogP contribution in [0.25, 0.3) is 21.9 Å². The number of nitrogens with one attached hydrogen (secondary N) is 1. The smallest absolute Gasteiger partial charge is 0.256 e. The van der Waals surface area contributed by atoms with Crippen molar-refractivity contribution in [3.63, 3.8) is 0 Å². The number of hydrogen-bond acceptors (Lipinski definition) is 3. The number of halogens is 1. The molecule has 1 aromatic heterocycles. The summed E-state index contributed by atoms with van der Waals surface area (Å²) in [4.78, 5) is 14.8. The molecule has 22 heavy (non-hydrogen) atoms. The number of aromatic amines is 1. The lowest BCUT2D eigenvalue weighted by Crippen LogP contribution is -2.10. The molecule has 0 saturated heterocycles. The maximum absolute atomic E-state index is 12.1. The molecule has 0 spiro atoms. The third kappa shape index (κ3) is 2.32. The Balaban J connectivity index is 2.48. The molecule has 0 unspecified atom stereocenters. The number of methoxy groups -OCH3 is 1. The van der Waals surface area contributed by atoms with E-state index in [1.165, 1.54) is 0 Å². The average molecular weight is 311 g/mol. The standard InChI is InChI=1S/C17H11ClN2O2/c1-22-12-5-6-13-14(8-12)16(15(9-19)20-17(13)21)10-3-2-4-11(18)7-10/h2-8H,1H3,(H,20,21). The molecule has 0 amide bonds. The lowest BCUT2D eigenvalue weighted by Gasteiger charge is -2.10. The fourth-order valence-electron chi connectivity index (χ4n) is 2.46. The molecule has 0 fully saturated rings. The highest BCUT2D eigenvalue weighted by Gasteiger charge is 2.14. The van der Waals surface area contributed by atoms with Gasteiger partial charge < -0.3 is 9.72 Å². The van der Waals surface area contributed by atoms with Crippen molar-refractivity contribution in [2.75, 3.05) is 7.11 Å². The summed E-state index contributed by atoms with van der Waals surface area (Å²) in [6.07, 6.45) is 0. The van der Waals surface area contributed by atoms with Crippen molar-refractivity contribution in [1.29, 1.82) is 5.26 Å². The zero-order valence-electron chi connectivity index (χ0n) is 11.7. The van der Waals surface area contributed by atoms with E-state index >= 15 is 0 Å². The molecule has 1 heterocycles. The molecule has 2 aromatic carbocycles. The van der Waals surface area contributed by atoms with Gasteiger partial charge in [0.2, 0.25) is 0 Å². The van der Waals surface area contributed by atoms with Crippen molar-refractivity contribution in [2.24, 2.45) is 0 Å². The van der Waals surface area contributed by atoms with Crippen LogP contribution in [0.15, 0.2) is 47.3 Å². The maximum atomic E-state index is 12.1. The Morgan fingerprint density at radius 2 is 2.00 bits per heavy atom. The summed E-state index contributed by atoms with van der Waals surface area (Å²) in [5.41, 5.74) is 1.30. The maximum Gasteiger partial charge on any atom is 0.256 e. The zero-order chi connectivity index (χ0) is 15.7. The second-order valence-electron chi connectivity index (χ2n) is 4.74. The minimum absolute atomic E-state index is 0.202. The predicted molar refractivity (Wildman–Crippen MR) is 86.3 cm³/mol. The van der Waals surface area contributed by atoms with E-state index in [-0.39, 0.29) is 11.3 Å². The van der Waals surface area contributed by atoms with Gasteiger partial charge in [-0.3, -0.25) is 4.79 Å². The van der Waals surface area contributed by atoms with Gasteiger partial charge in [0.05, 0.1) is 7.11 Å². The molecule has 0 radical (unpaired) electrons. The van der Waals surface area contributed by atoms with Gasteiger partial charge in [-0.2, -0.15) is 5.26 Å². The molecular formula is C17H11ClN2O2. The minimum Gasteiger partial charge on any atom is -0.497 e. The van der Waals surface area contributed by atoms with E-state index in [0.717, 1.165) is 5.56 Å². The number of ether oxygens (including phenoxy) is 1. The normalized spacial score (nSPS) is 10.4. The van der Waals surface area contributed by atoms with Gasteiger partial charge in [-0.15, -0.1) is 0 Å². The number of H-pyrrole nitrogens is 1. The van der Waals surface area contributed by atoms with E-state index in [4.69, 9.17) is 16.3 Å². The van der Waals surface area contributed by atoms with Gasteiger partial charge in [0, 0.05) is 21.4 Å². The minimum atomic E-state index is -0.306. The zero-order valence-corrected chi connectivity index (χ0v) is 12.4. The molecule has 0 saturated carbocycles. The van der Waals surface area contributed by atoms with Gasteiger partial charge >= 0.3 is 0 Å². The first-order chi connectivity index (χ1) is 10.6. The van der Waals surface area contributed by atoms with E-state index in [1.807, 2.05) is 12.1 Å². The third-order valence-corrected chi connectivity index (χ3v) is 3.69. The Morgan fingerprint density at radius 3 is 2.68 bits per heavy atom.